The van der Waals surface area contributed by atoms with Crippen molar-refractivity contribution >= 4 is 44.7 Å². The van der Waals surface area contributed by atoms with E-state index in [-0.39, 0.29) is 12.5 Å². The standard InChI is InChI=1S/C23H25N5O5.C3H4O3.CH4O3S/c1-30-18-11-14-15(12-19(18)31-2)25-23(26-21(14)24)28-9-7-27(8-10-28)22(29)20-13-32-16-5-3-4-6-17(16)33-20;1-2-3(4)6-5;1-5(2,3)4/h3-6,11-12,20H,7-10,13H2,1-2H3,(H2,24,25,26);2,5H,1H2;1H3,(H,2,3,4). The van der Waals surface area contributed by atoms with Crippen molar-refractivity contribution in [2.75, 3.05) is 63.9 Å². The minimum atomic E-state index is -3.67. The first-order chi connectivity index (χ1) is 20.9. The van der Waals surface area contributed by atoms with E-state index in [0.717, 1.165) is 6.08 Å². The van der Waals surface area contributed by atoms with Gasteiger partial charge in [0.15, 0.2) is 23.0 Å². The number of rotatable bonds is 5. The van der Waals surface area contributed by atoms with Gasteiger partial charge in [0.25, 0.3) is 16.0 Å². The van der Waals surface area contributed by atoms with Crippen LogP contribution >= 0.6 is 0 Å². The summed E-state index contributed by atoms with van der Waals surface area (Å²) in [5, 5.41) is 8.11. The number of amides is 1. The molecule has 1 amide bonds. The summed E-state index contributed by atoms with van der Waals surface area (Å²) in [6.07, 6.45) is 0.925. The SMILES string of the molecule is C=CC(=O)OO.COc1cc2nc(N3CCN(C(=O)C4COc5ccccc5O4)CC3)nc(N)c2cc1OC.CS(=O)(=O)O. The van der Waals surface area contributed by atoms with Crippen LogP contribution in [0.4, 0.5) is 11.8 Å². The van der Waals surface area contributed by atoms with E-state index < -0.39 is 22.2 Å². The molecular formula is C27H33N5O11S. The Kier molecular flexibility index (Phi) is 11.5. The van der Waals surface area contributed by atoms with Gasteiger partial charge in [-0.05, 0) is 18.2 Å². The number of nitrogens with two attached hydrogens (primary N) is 1. The van der Waals surface area contributed by atoms with Crippen LogP contribution in [0, 0.1) is 0 Å². The number of nitrogens with zero attached hydrogens (tertiary/aromatic N) is 4. The van der Waals surface area contributed by atoms with Gasteiger partial charge in [-0.25, -0.2) is 9.78 Å². The number of para-hydroxylation sites is 2. The van der Waals surface area contributed by atoms with Crippen molar-refractivity contribution in [2.45, 2.75) is 6.10 Å². The monoisotopic (exact) mass is 635 g/mol. The number of anilines is 2. The maximum atomic E-state index is 13.0. The summed E-state index contributed by atoms with van der Waals surface area (Å²) in [5.41, 5.74) is 6.89. The van der Waals surface area contributed by atoms with Crippen LogP contribution in [-0.4, -0.2) is 104 Å². The molecule has 0 aliphatic carbocycles. The molecule has 0 saturated carbocycles. The average molecular weight is 636 g/mol. The van der Waals surface area contributed by atoms with E-state index in [2.05, 4.69) is 21.4 Å². The van der Waals surface area contributed by atoms with Gasteiger partial charge < -0.3 is 34.5 Å². The van der Waals surface area contributed by atoms with Crippen LogP contribution in [-0.2, 0) is 24.6 Å². The van der Waals surface area contributed by atoms with E-state index in [1.54, 1.807) is 37.3 Å². The van der Waals surface area contributed by atoms with Gasteiger partial charge in [-0.3, -0.25) is 14.2 Å². The average Bonchev–Trinajstić information content (AvgIpc) is 3.02. The Bertz CT molecular complexity index is 1590. The van der Waals surface area contributed by atoms with Crippen LogP contribution in [0.3, 0.4) is 0 Å². The molecule has 238 valence electrons. The number of nitrogen functional groups attached to an aromatic ring is 1. The lowest BCUT2D eigenvalue weighted by Gasteiger charge is -2.37. The summed E-state index contributed by atoms with van der Waals surface area (Å²) in [6, 6.07) is 10.9. The van der Waals surface area contributed by atoms with Crippen LogP contribution in [0.5, 0.6) is 23.0 Å². The summed E-state index contributed by atoms with van der Waals surface area (Å²) >= 11 is 0. The van der Waals surface area contributed by atoms with E-state index in [9.17, 15) is 18.0 Å². The number of carbonyl (C=O) groups excluding carboxylic acids is 2. The molecule has 4 N–H and O–H groups in total. The molecule has 3 heterocycles. The molecule has 44 heavy (non-hydrogen) atoms. The molecule has 2 aromatic carbocycles. The summed E-state index contributed by atoms with van der Waals surface area (Å²) < 4.78 is 48.2. The summed E-state index contributed by atoms with van der Waals surface area (Å²) in [4.78, 5) is 38.7. The maximum absolute atomic E-state index is 13.0. The van der Waals surface area contributed by atoms with Gasteiger partial charge in [-0.15, -0.1) is 0 Å². The van der Waals surface area contributed by atoms with Gasteiger partial charge >= 0.3 is 5.97 Å². The molecule has 17 heteroatoms. The third-order valence-electron chi connectivity index (χ3n) is 6.13. The highest BCUT2D eigenvalue weighted by molar-refractivity contribution is 7.85. The number of fused-ring (bicyclic) bond motifs is 2. The molecular weight excluding hydrogens is 602 g/mol. The second-order valence-corrected chi connectivity index (χ2v) is 10.6. The van der Waals surface area contributed by atoms with Crippen molar-refractivity contribution in [3.63, 3.8) is 0 Å². The fourth-order valence-electron chi connectivity index (χ4n) is 4.12. The van der Waals surface area contributed by atoms with Crippen molar-refractivity contribution in [1.82, 2.24) is 14.9 Å². The third-order valence-corrected chi connectivity index (χ3v) is 6.13. The Balaban J connectivity index is 0.000000414. The van der Waals surface area contributed by atoms with Gasteiger partial charge in [-0.1, -0.05) is 18.7 Å². The zero-order valence-corrected chi connectivity index (χ0v) is 25.0. The first kappa shape index (κ1) is 33.6. The largest absolute Gasteiger partial charge is 0.493 e. The fourth-order valence-corrected chi connectivity index (χ4v) is 4.12. The fraction of sp³-hybridized carbons (Fsp3) is 0.333. The third kappa shape index (κ3) is 9.06. The van der Waals surface area contributed by atoms with Crippen molar-refractivity contribution < 1.29 is 51.7 Å². The van der Waals surface area contributed by atoms with Crippen molar-refractivity contribution in [1.29, 1.82) is 0 Å². The van der Waals surface area contributed by atoms with Crippen LogP contribution < -0.4 is 29.6 Å². The van der Waals surface area contributed by atoms with Crippen LogP contribution in [0.25, 0.3) is 10.9 Å². The van der Waals surface area contributed by atoms with E-state index >= 15 is 0 Å². The second kappa shape index (κ2) is 15.0. The van der Waals surface area contributed by atoms with Crippen LogP contribution in [0.1, 0.15) is 0 Å². The second-order valence-electron chi connectivity index (χ2n) is 9.16. The van der Waals surface area contributed by atoms with Gasteiger partial charge in [0.1, 0.15) is 12.4 Å². The first-order valence-corrected chi connectivity index (χ1v) is 14.7. The Morgan fingerprint density at radius 3 is 2.20 bits per heavy atom. The Morgan fingerprint density at radius 1 is 1.07 bits per heavy atom. The molecule has 2 aliphatic rings. The lowest BCUT2D eigenvalue weighted by atomic mass is 10.2. The molecule has 2 aliphatic heterocycles. The maximum Gasteiger partial charge on any atom is 0.365 e. The molecule has 5 rings (SSSR count). The lowest BCUT2D eigenvalue weighted by Crippen LogP contribution is -2.54. The number of methoxy groups -OCH3 is 2. The highest BCUT2D eigenvalue weighted by atomic mass is 32.2. The quantitative estimate of drug-likeness (QED) is 0.156. The van der Waals surface area contributed by atoms with Gasteiger partial charge in [-0.2, -0.15) is 18.7 Å². The molecule has 1 unspecified atom stereocenters. The Hall–Kier alpha value is -4.87. The minimum absolute atomic E-state index is 0.0834. The molecule has 1 aromatic heterocycles. The summed E-state index contributed by atoms with van der Waals surface area (Å²) in [5.74, 6) is 2.35. The molecule has 1 saturated heterocycles. The van der Waals surface area contributed by atoms with E-state index in [1.165, 1.54) is 0 Å². The molecule has 0 radical (unpaired) electrons. The molecule has 3 aromatic rings. The number of carbonyl (C=O) groups is 2. The van der Waals surface area contributed by atoms with Crippen molar-refractivity contribution in [2.24, 2.45) is 0 Å². The predicted octanol–water partition coefficient (Wildman–Crippen LogP) is 1.41. The smallest absolute Gasteiger partial charge is 0.365 e. The van der Waals surface area contributed by atoms with E-state index in [1.807, 2.05) is 23.1 Å². The van der Waals surface area contributed by atoms with Gasteiger partial charge in [0.05, 0.1) is 26.0 Å². The minimum Gasteiger partial charge on any atom is -0.493 e. The lowest BCUT2D eigenvalue weighted by molar-refractivity contribution is -0.228. The number of benzene rings is 2. The summed E-state index contributed by atoms with van der Waals surface area (Å²) in [7, 11) is -0.524. The Morgan fingerprint density at radius 2 is 1.66 bits per heavy atom. The highest BCUT2D eigenvalue weighted by Crippen LogP contribution is 2.34. The predicted molar refractivity (Wildman–Crippen MR) is 159 cm³/mol. The molecule has 1 atom stereocenters. The van der Waals surface area contributed by atoms with Crippen LogP contribution in [0.2, 0.25) is 0 Å². The van der Waals surface area contributed by atoms with Crippen LogP contribution in [0.15, 0.2) is 49.1 Å². The number of aromatic nitrogens is 2. The zero-order valence-electron chi connectivity index (χ0n) is 24.2. The van der Waals surface area contributed by atoms with E-state index in [0.29, 0.717) is 78.1 Å². The number of hydrogen-bond acceptors (Lipinski definition) is 14. The normalized spacial score (nSPS) is 15.5. The van der Waals surface area contributed by atoms with Crippen molar-refractivity contribution in [3.05, 3.63) is 49.1 Å². The van der Waals surface area contributed by atoms with Crippen molar-refractivity contribution in [3.8, 4) is 23.0 Å². The topological polar surface area (TPSA) is 213 Å². The highest BCUT2D eigenvalue weighted by Gasteiger charge is 2.33. The Labute approximate surface area is 253 Å². The van der Waals surface area contributed by atoms with E-state index in [4.69, 9.17) is 34.5 Å². The zero-order chi connectivity index (χ0) is 32.4. The molecule has 0 bridgehead atoms. The number of ether oxygens (including phenoxy) is 4. The number of piperazine rings is 1. The molecule has 16 nitrogen and oxygen atoms in total. The first-order valence-electron chi connectivity index (χ1n) is 12.9. The van der Waals surface area contributed by atoms with Gasteiger partial charge in [0, 0.05) is 43.7 Å². The van der Waals surface area contributed by atoms with Gasteiger partial charge in [0.2, 0.25) is 12.1 Å². The molecule has 0 spiro atoms. The molecule has 1 fully saturated rings. The number of hydrogen-bond donors (Lipinski definition) is 3. The summed E-state index contributed by atoms with van der Waals surface area (Å²) in [6.45, 7) is 5.39.